The van der Waals surface area contributed by atoms with E-state index in [4.69, 9.17) is 27.9 Å². The first kappa shape index (κ1) is 20.2. The Kier molecular flexibility index (Phi) is 5.88. The summed E-state index contributed by atoms with van der Waals surface area (Å²) in [5.74, 6) is -0.236. The van der Waals surface area contributed by atoms with Gasteiger partial charge in [0.1, 0.15) is 12.4 Å². The fourth-order valence-corrected chi connectivity index (χ4v) is 3.60. The van der Waals surface area contributed by atoms with Crippen molar-refractivity contribution in [2.24, 2.45) is 0 Å². The lowest BCUT2D eigenvalue weighted by atomic mass is 10.1. The van der Waals surface area contributed by atoms with Gasteiger partial charge in [0.15, 0.2) is 0 Å². The summed E-state index contributed by atoms with van der Waals surface area (Å²) in [5, 5.41) is 0.191. The lowest BCUT2D eigenvalue weighted by Crippen LogP contribution is -2.07. The number of ether oxygens (including phenoxy) is 1. The minimum atomic E-state index is -1.03. The molecule has 3 aromatic carbocycles. The van der Waals surface area contributed by atoms with E-state index in [1.165, 1.54) is 0 Å². The van der Waals surface area contributed by atoms with Gasteiger partial charge in [-0.3, -0.25) is 9.59 Å². The molecule has 0 unspecified atom stereocenters. The highest BCUT2D eigenvalue weighted by Crippen LogP contribution is 2.32. The maximum Gasteiger partial charge on any atom is 0.293 e. The Morgan fingerprint density at radius 1 is 0.867 bits per heavy atom. The van der Waals surface area contributed by atoms with Gasteiger partial charge in [-0.15, -0.1) is 0 Å². The van der Waals surface area contributed by atoms with Gasteiger partial charge in [-0.1, -0.05) is 60.1 Å². The molecule has 0 spiro atoms. The van der Waals surface area contributed by atoms with Crippen molar-refractivity contribution in [1.82, 2.24) is 4.57 Å². The van der Waals surface area contributed by atoms with E-state index in [9.17, 15) is 9.59 Å². The molecule has 150 valence electrons. The third-order valence-electron chi connectivity index (χ3n) is 4.79. The highest BCUT2D eigenvalue weighted by Gasteiger charge is 2.23. The molecule has 0 aliphatic carbocycles. The molecule has 0 atom stereocenters. The van der Waals surface area contributed by atoms with E-state index in [-0.39, 0.29) is 5.56 Å². The Morgan fingerprint density at radius 2 is 1.60 bits per heavy atom. The fourth-order valence-electron chi connectivity index (χ4n) is 3.37. The van der Waals surface area contributed by atoms with Crippen LogP contribution in [0.4, 0.5) is 0 Å². The number of fused-ring (bicyclic) bond motifs is 1. The van der Waals surface area contributed by atoms with Crippen LogP contribution < -0.4 is 4.74 Å². The molecular weight excluding hydrogens is 421 g/mol. The Bertz CT molecular complexity index is 1210. The molecule has 0 N–H and O–H groups in total. The molecule has 0 bridgehead atoms. The van der Waals surface area contributed by atoms with E-state index in [1.807, 2.05) is 71.3 Å². The summed E-state index contributed by atoms with van der Waals surface area (Å²) >= 11 is 11.5. The number of hydrogen-bond acceptors (Lipinski definition) is 3. The van der Waals surface area contributed by atoms with Gasteiger partial charge in [-0.05, 0) is 47.0 Å². The number of benzene rings is 3. The number of carbonyl (C=O) groups excluding carboxylic acids is 2. The maximum absolute atomic E-state index is 12.5. The van der Waals surface area contributed by atoms with E-state index >= 15 is 0 Å². The lowest BCUT2D eigenvalue weighted by Gasteiger charge is -2.10. The van der Waals surface area contributed by atoms with Crippen LogP contribution in [0.25, 0.3) is 10.9 Å². The van der Waals surface area contributed by atoms with Crippen molar-refractivity contribution in [3.05, 3.63) is 101 Å². The summed E-state index contributed by atoms with van der Waals surface area (Å²) < 4.78 is 7.92. The molecule has 1 aromatic heterocycles. The van der Waals surface area contributed by atoms with Crippen LogP contribution >= 0.6 is 23.2 Å². The van der Waals surface area contributed by atoms with Crippen molar-refractivity contribution in [2.75, 3.05) is 0 Å². The van der Waals surface area contributed by atoms with Crippen LogP contribution in [0.3, 0.4) is 0 Å². The average Bonchev–Trinajstić information content (AvgIpc) is 3.13. The molecule has 30 heavy (non-hydrogen) atoms. The topological polar surface area (TPSA) is 48.3 Å². The smallest absolute Gasteiger partial charge is 0.293 e. The molecule has 0 saturated carbocycles. The summed E-state index contributed by atoms with van der Waals surface area (Å²) in [6.45, 7) is 0.838. The van der Waals surface area contributed by atoms with Crippen molar-refractivity contribution in [3.63, 3.8) is 0 Å². The van der Waals surface area contributed by atoms with Crippen molar-refractivity contribution in [3.8, 4) is 5.75 Å². The molecule has 4 rings (SSSR count). The summed E-state index contributed by atoms with van der Waals surface area (Å²) in [5.41, 5.74) is 3.00. The molecule has 0 aliphatic heterocycles. The highest BCUT2D eigenvalue weighted by atomic mass is 35.5. The Morgan fingerprint density at radius 3 is 2.30 bits per heavy atom. The Hall–Kier alpha value is -3.08. The van der Waals surface area contributed by atoms with Gasteiger partial charge in [0, 0.05) is 17.8 Å². The highest BCUT2D eigenvalue weighted by molar-refractivity contribution is 6.83. The summed E-state index contributed by atoms with van der Waals surface area (Å²) in [7, 11) is 0. The first-order chi connectivity index (χ1) is 14.5. The van der Waals surface area contributed by atoms with Crippen LogP contribution in [0.1, 0.15) is 21.5 Å². The number of Topliss-reactive ketones (excluding diaryl/α,β-unsaturated/α-hetero) is 1. The van der Waals surface area contributed by atoms with Crippen LogP contribution in [-0.4, -0.2) is 15.6 Å². The second kappa shape index (κ2) is 8.74. The normalized spacial score (nSPS) is 10.9. The van der Waals surface area contributed by atoms with Crippen molar-refractivity contribution in [2.45, 2.75) is 13.2 Å². The average molecular weight is 438 g/mol. The zero-order valence-corrected chi connectivity index (χ0v) is 17.4. The van der Waals surface area contributed by atoms with Crippen molar-refractivity contribution >= 4 is 45.1 Å². The van der Waals surface area contributed by atoms with E-state index in [0.29, 0.717) is 29.3 Å². The number of rotatable bonds is 7. The Balaban J connectivity index is 1.77. The minimum absolute atomic E-state index is 0.225. The minimum Gasteiger partial charge on any atom is -0.488 e. The summed E-state index contributed by atoms with van der Waals surface area (Å²) in [6, 6.07) is 22.7. The van der Waals surface area contributed by atoms with Crippen LogP contribution in [-0.2, 0) is 17.9 Å². The van der Waals surface area contributed by atoms with Gasteiger partial charge in [-0.2, -0.15) is 0 Å². The van der Waals surface area contributed by atoms with Gasteiger partial charge >= 0.3 is 0 Å². The predicted octanol–water partition coefficient (Wildman–Crippen LogP) is 5.87. The van der Waals surface area contributed by atoms with Crippen molar-refractivity contribution in [1.29, 1.82) is 0 Å². The van der Waals surface area contributed by atoms with Crippen LogP contribution in [0, 0.1) is 0 Å². The molecule has 4 aromatic rings. The molecule has 1 heterocycles. The third-order valence-corrected chi connectivity index (χ3v) is 5.22. The predicted molar refractivity (Wildman–Crippen MR) is 118 cm³/mol. The standard InChI is InChI=1S/C24H17Cl2NO3/c25-18-11-9-16(10-12-18)13-27-14-19(23(28)24(26)29)22-20(27)7-4-8-21(22)30-15-17-5-2-1-3-6-17/h1-12,14H,13,15H2. The SMILES string of the molecule is O=C(Cl)C(=O)c1cn(Cc2ccc(Cl)cc2)c2cccc(OCc3ccccc3)c12. The molecule has 0 saturated heterocycles. The second-order valence-corrected chi connectivity index (χ2v) is 7.60. The summed E-state index contributed by atoms with van der Waals surface area (Å²) in [6.07, 6.45) is 1.65. The van der Waals surface area contributed by atoms with Crippen LogP contribution in [0.2, 0.25) is 5.02 Å². The Labute approximate surface area is 183 Å². The maximum atomic E-state index is 12.5. The first-order valence-electron chi connectivity index (χ1n) is 9.30. The lowest BCUT2D eigenvalue weighted by molar-refractivity contribution is -0.108. The van der Waals surface area contributed by atoms with Gasteiger partial charge in [0.05, 0.1) is 16.5 Å². The molecule has 6 heteroatoms. The number of halogens is 2. The fraction of sp³-hybridized carbons (Fsp3) is 0.0833. The zero-order chi connectivity index (χ0) is 21.1. The molecular formula is C24H17Cl2NO3. The molecule has 0 radical (unpaired) electrons. The molecule has 0 amide bonds. The second-order valence-electron chi connectivity index (χ2n) is 6.82. The van der Waals surface area contributed by atoms with E-state index < -0.39 is 11.0 Å². The molecule has 0 fully saturated rings. The van der Waals surface area contributed by atoms with Gasteiger partial charge < -0.3 is 9.30 Å². The largest absolute Gasteiger partial charge is 0.488 e. The first-order valence-corrected chi connectivity index (χ1v) is 10.1. The number of nitrogens with zero attached hydrogens (tertiary/aromatic N) is 1. The quantitative estimate of drug-likeness (QED) is 0.206. The van der Waals surface area contributed by atoms with Crippen LogP contribution in [0.15, 0.2) is 79.0 Å². The van der Waals surface area contributed by atoms with Gasteiger partial charge in [0.2, 0.25) is 5.78 Å². The van der Waals surface area contributed by atoms with Gasteiger partial charge in [-0.25, -0.2) is 0 Å². The monoisotopic (exact) mass is 437 g/mol. The number of hydrogen-bond donors (Lipinski definition) is 0. The zero-order valence-electron chi connectivity index (χ0n) is 15.8. The number of ketones is 1. The van der Waals surface area contributed by atoms with Crippen LogP contribution in [0.5, 0.6) is 5.75 Å². The number of carbonyl (C=O) groups is 2. The van der Waals surface area contributed by atoms with E-state index in [1.54, 1.807) is 12.3 Å². The van der Waals surface area contributed by atoms with E-state index in [0.717, 1.165) is 16.6 Å². The number of aromatic nitrogens is 1. The summed E-state index contributed by atoms with van der Waals surface area (Å²) in [4.78, 5) is 24.2. The molecule has 4 nitrogen and oxygen atoms in total. The molecule has 0 aliphatic rings. The third kappa shape index (κ3) is 4.25. The van der Waals surface area contributed by atoms with Gasteiger partial charge in [0.25, 0.3) is 5.24 Å². The van der Waals surface area contributed by atoms with Crippen molar-refractivity contribution < 1.29 is 14.3 Å². The van der Waals surface area contributed by atoms with E-state index in [2.05, 4.69) is 0 Å².